The third kappa shape index (κ3) is 4.86. The summed E-state index contributed by atoms with van der Waals surface area (Å²) in [5.41, 5.74) is 1.16. The summed E-state index contributed by atoms with van der Waals surface area (Å²) < 4.78 is 35.0. The van der Waals surface area contributed by atoms with Crippen molar-refractivity contribution in [1.29, 1.82) is 0 Å². The molecule has 4 rings (SSSR count). The number of halogens is 2. The van der Waals surface area contributed by atoms with E-state index in [1.165, 1.54) is 18.2 Å². The maximum atomic E-state index is 13.9. The number of rotatable bonds is 8. The smallest absolute Gasteiger partial charge is 0.262 e. The molecule has 0 saturated heterocycles. The molecule has 0 amide bonds. The Morgan fingerprint density at radius 1 is 1.32 bits per heavy atom. The fourth-order valence-corrected chi connectivity index (χ4v) is 5.29. The standard InChI is InChI=1S/C23H27F2N3O2S/c1-14(2)30-10-4-9-28-13-27-22-21(23(28)29)16-8-7-15(11-20(16)31-22)26-12-17-18(24)5-3-6-19(17)25/h3,5-6,13-15,26H,4,7-12H2,1-2H3. The maximum Gasteiger partial charge on any atom is 0.262 e. The van der Waals surface area contributed by atoms with Gasteiger partial charge in [-0.3, -0.25) is 9.36 Å². The summed E-state index contributed by atoms with van der Waals surface area (Å²) >= 11 is 1.55. The molecule has 166 valence electrons. The Labute approximate surface area is 184 Å². The minimum atomic E-state index is -0.533. The summed E-state index contributed by atoms with van der Waals surface area (Å²) in [5.74, 6) is -1.07. The number of aromatic nitrogens is 2. The molecule has 0 spiro atoms. The van der Waals surface area contributed by atoms with Crippen LogP contribution in [0.25, 0.3) is 10.2 Å². The van der Waals surface area contributed by atoms with Crippen molar-refractivity contribution in [2.75, 3.05) is 6.61 Å². The van der Waals surface area contributed by atoms with Crippen LogP contribution in [-0.4, -0.2) is 28.3 Å². The van der Waals surface area contributed by atoms with Gasteiger partial charge in [0.25, 0.3) is 5.56 Å². The number of nitrogens with zero attached hydrogens (tertiary/aromatic N) is 2. The van der Waals surface area contributed by atoms with Crippen molar-refractivity contribution in [1.82, 2.24) is 14.9 Å². The van der Waals surface area contributed by atoms with Crippen molar-refractivity contribution in [2.24, 2.45) is 0 Å². The zero-order chi connectivity index (χ0) is 22.0. The van der Waals surface area contributed by atoms with Crippen LogP contribution in [0, 0.1) is 11.6 Å². The summed E-state index contributed by atoms with van der Waals surface area (Å²) in [6, 6.07) is 4.03. The molecular weight excluding hydrogens is 420 g/mol. The maximum absolute atomic E-state index is 13.9. The van der Waals surface area contributed by atoms with Gasteiger partial charge in [-0.25, -0.2) is 13.8 Å². The van der Waals surface area contributed by atoms with Crippen LogP contribution < -0.4 is 10.9 Å². The third-order valence-corrected chi connectivity index (χ3v) is 6.82. The minimum Gasteiger partial charge on any atom is -0.379 e. The molecule has 2 aromatic heterocycles. The monoisotopic (exact) mass is 447 g/mol. The first-order chi connectivity index (χ1) is 14.9. The van der Waals surface area contributed by atoms with E-state index in [2.05, 4.69) is 10.3 Å². The highest BCUT2D eigenvalue weighted by atomic mass is 32.1. The van der Waals surface area contributed by atoms with Crippen molar-refractivity contribution >= 4 is 21.6 Å². The SMILES string of the molecule is CC(C)OCCCn1cnc2sc3c(c2c1=O)CCC(NCc1c(F)cccc1F)C3. The molecule has 1 unspecified atom stereocenters. The number of hydrogen-bond acceptors (Lipinski definition) is 5. The van der Waals surface area contributed by atoms with Crippen LogP contribution in [0.1, 0.15) is 42.7 Å². The van der Waals surface area contributed by atoms with Gasteiger partial charge in [-0.05, 0) is 57.2 Å². The molecule has 1 aliphatic rings. The van der Waals surface area contributed by atoms with Crippen molar-refractivity contribution < 1.29 is 13.5 Å². The lowest BCUT2D eigenvalue weighted by molar-refractivity contribution is 0.0747. The van der Waals surface area contributed by atoms with E-state index in [1.807, 2.05) is 13.8 Å². The zero-order valence-corrected chi connectivity index (χ0v) is 18.6. The first-order valence-electron chi connectivity index (χ1n) is 10.7. The van der Waals surface area contributed by atoms with Crippen LogP contribution >= 0.6 is 11.3 Å². The van der Waals surface area contributed by atoms with E-state index in [0.717, 1.165) is 46.3 Å². The van der Waals surface area contributed by atoms with Crippen molar-refractivity contribution in [2.45, 2.75) is 64.8 Å². The molecule has 1 aliphatic carbocycles. The first kappa shape index (κ1) is 22.0. The van der Waals surface area contributed by atoms with E-state index in [9.17, 15) is 13.6 Å². The van der Waals surface area contributed by atoms with Crippen LogP contribution in [-0.2, 0) is 30.7 Å². The molecule has 0 bridgehead atoms. The molecule has 0 fully saturated rings. The van der Waals surface area contributed by atoms with E-state index >= 15 is 0 Å². The van der Waals surface area contributed by atoms with Crippen LogP contribution in [0.4, 0.5) is 8.78 Å². The lowest BCUT2D eigenvalue weighted by Gasteiger charge is -2.23. The second-order valence-corrected chi connectivity index (χ2v) is 9.30. The number of aryl methyl sites for hydroxylation is 2. The van der Waals surface area contributed by atoms with Gasteiger partial charge in [-0.1, -0.05) is 6.07 Å². The average molecular weight is 448 g/mol. The van der Waals surface area contributed by atoms with Crippen LogP contribution in [0.2, 0.25) is 0 Å². The van der Waals surface area contributed by atoms with E-state index in [-0.39, 0.29) is 29.8 Å². The molecule has 0 radical (unpaired) electrons. The Morgan fingerprint density at radius 3 is 2.84 bits per heavy atom. The summed E-state index contributed by atoms with van der Waals surface area (Å²) in [4.78, 5) is 19.5. The minimum absolute atomic E-state index is 0.00637. The first-order valence-corrected chi connectivity index (χ1v) is 11.5. The Balaban J connectivity index is 1.46. The largest absolute Gasteiger partial charge is 0.379 e. The van der Waals surface area contributed by atoms with Crippen molar-refractivity contribution in [3.05, 3.63) is 62.5 Å². The topological polar surface area (TPSA) is 56.2 Å². The molecule has 1 atom stereocenters. The number of nitrogens with one attached hydrogen (secondary N) is 1. The predicted molar refractivity (Wildman–Crippen MR) is 119 cm³/mol. The zero-order valence-electron chi connectivity index (χ0n) is 17.8. The van der Waals surface area contributed by atoms with Gasteiger partial charge < -0.3 is 10.1 Å². The summed E-state index contributed by atoms with van der Waals surface area (Å²) in [6.07, 6.45) is 4.86. The fraction of sp³-hybridized carbons (Fsp3) is 0.478. The quantitative estimate of drug-likeness (QED) is 0.526. The molecular formula is C23H27F2N3O2S. The van der Waals surface area contributed by atoms with Gasteiger partial charge in [0.15, 0.2) is 0 Å². The molecule has 31 heavy (non-hydrogen) atoms. The summed E-state index contributed by atoms with van der Waals surface area (Å²) in [5, 5.41) is 4.01. The van der Waals surface area contributed by atoms with Crippen molar-refractivity contribution in [3.8, 4) is 0 Å². The van der Waals surface area contributed by atoms with Gasteiger partial charge in [-0.2, -0.15) is 0 Å². The molecule has 0 aliphatic heterocycles. The number of hydrogen-bond donors (Lipinski definition) is 1. The van der Waals surface area contributed by atoms with Gasteiger partial charge in [0.1, 0.15) is 16.5 Å². The number of ether oxygens (including phenoxy) is 1. The molecule has 8 heteroatoms. The van der Waals surface area contributed by atoms with Gasteiger partial charge >= 0.3 is 0 Å². The van der Waals surface area contributed by atoms with E-state index in [4.69, 9.17) is 4.74 Å². The lowest BCUT2D eigenvalue weighted by Crippen LogP contribution is -2.34. The molecule has 3 aromatic rings. The Kier molecular flexibility index (Phi) is 6.79. The third-order valence-electron chi connectivity index (χ3n) is 5.66. The molecule has 0 saturated carbocycles. The second-order valence-electron chi connectivity index (χ2n) is 8.22. The predicted octanol–water partition coefficient (Wildman–Crippen LogP) is 4.20. The van der Waals surface area contributed by atoms with Crippen LogP contribution in [0.5, 0.6) is 0 Å². The van der Waals surface area contributed by atoms with Crippen LogP contribution in [0.15, 0.2) is 29.3 Å². The summed E-state index contributed by atoms with van der Waals surface area (Å²) in [6.45, 7) is 5.32. The van der Waals surface area contributed by atoms with Gasteiger partial charge in [0, 0.05) is 36.2 Å². The Bertz CT molecular complexity index is 1110. The van der Waals surface area contributed by atoms with Gasteiger partial charge in [0.2, 0.25) is 0 Å². The van der Waals surface area contributed by atoms with Crippen molar-refractivity contribution in [3.63, 3.8) is 0 Å². The normalized spacial score (nSPS) is 16.2. The van der Waals surface area contributed by atoms with Gasteiger partial charge in [-0.15, -0.1) is 11.3 Å². The molecule has 1 N–H and O–H groups in total. The average Bonchev–Trinajstić information content (AvgIpc) is 3.10. The Morgan fingerprint density at radius 2 is 2.10 bits per heavy atom. The van der Waals surface area contributed by atoms with E-state index in [1.54, 1.807) is 22.2 Å². The molecule has 5 nitrogen and oxygen atoms in total. The number of thiophene rings is 1. The highest BCUT2D eigenvalue weighted by Gasteiger charge is 2.25. The molecule has 2 heterocycles. The summed E-state index contributed by atoms with van der Waals surface area (Å²) in [7, 11) is 0. The molecule has 1 aromatic carbocycles. The fourth-order valence-electron chi connectivity index (χ4n) is 4.04. The number of fused-ring (bicyclic) bond motifs is 3. The number of benzene rings is 1. The van der Waals surface area contributed by atoms with E-state index < -0.39 is 11.6 Å². The van der Waals surface area contributed by atoms with Crippen LogP contribution in [0.3, 0.4) is 0 Å². The van der Waals surface area contributed by atoms with Gasteiger partial charge in [0.05, 0.1) is 17.8 Å². The lowest BCUT2D eigenvalue weighted by atomic mass is 9.93. The highest BCUT2D eigenvalue weighted by Crippen LogP contribution is 2.33. The second kappa shape index (κ2) is 9.54. The van der Waals surface area contributed by atoms with E-state index in [0.29, 0.717) is 13.2 Å². The highest BCUT2D eigenvalue weighted by molar-refractivity contribution is 7.18. The Hall–Kier alpha value is -2.16.